The molecule has 134 valence electrons. The van der Waals surface area contributed by atoms with E-state index in [0.717, 1.165) is 18.2 Å². The van der Waals surface area contributed by atoms with Crippen molar-refractivity contribution >= 4 is 23.4 Å². The van der Waals surface area contributed by atoms with Gasteiger partial charge in [-0.05, 0) is 44.9 Å². The van der Waals surface area contributed by atoms with Crippen LogP contribution in [0.15, 0.2) is 46.3 Å². The monoisotopic (exact) mass is 352 g/mol. The van der Waals surface area contributed by atoms with Crippen molar-refractivity contribution in [3.05, 3.63) is 63.8 Å². The number of aryl methyl sites for hydroxylation is 1. The van der Waals surface area contributed by atoms with Crippen molar-refractivity contribution in [3.63, 3.8) is 0 Å². The SMILES string of the molecule is Cc1nc2n(c(=O)c1/C=C/C(=O)O)C(C)CC/C2=N\Nc1ccccc1. The Morgan fingerprint density at radius 2 is 2.12 bits per heavy atom. The van der Waals surface area contributed by atoms with Crippen LogP contribution in [0, 0.1) is 6.92 Å². The van der Waals surface area contributed by atoms with Gasteiger partial charge in [-0.25, -0.2) is 9.78 Å². The fourth-order valence-corrected chi connectivity index (χ4v) is 2.95. The third kappa shape index (κ3) is 3.56. The van der Waals surface area contributed by atoms with Gasteiger partial charge in [0.15, 0.2) is 5.82 Å². The maximum Gasteiger partial charge on any atom is 0.328 e. The lowest BCUT2D eigenvalue weighted by Crippen LogP contribution is -2.36. The van der Waals surface area contributed by atoms with Gasteiger partial charge in [0.05, 0.1) is 16.9 Å². The lowest BCUT2D eigenvalue weighted by Gasteiger charge is -2.26. The number of rotatable bonds is 4. The fraction of sp³-hybridized carbons (Fsp3) is 0.263. The molecule has 2 aromatic rings. The van der Waals surface area contributed by atoms with Gasteiger partial charge in [0.2, 0.25) is 0 Å². The Morgan fingerprint density at radius 1 is 1.38 bits per heavy atom. The first-order chi connectivity index (χ1) is 12.5. The van der Waals surface area contributed by atoms with E-state index in [0.29, 0.717) is 29.2 Å². The number of nitrogens with zero attached hydrogens (tertiary/aromatic N) is 3. The number of aliphatic carboxylic acids is 1. The Kier molecular flexibility index (Phi) is 4.97. The topological polar surface area (TPSA) is 96.6 Å². The number of aromatic nitrogens is 2. The molecule has 1 aliphatic heterocycles. The van der Waals surface area contributed by atoms with Crippen molar-refractivity contribution in [1.29, 1.82) is 0 Å². The Hall–Kier alpha value is -3.22. The molecular weight excluding hydrogens is 332 g/mol. The van der Waals surface area contributed by atoms with Crippen LogP contribution in [0.4, 0.5) is 5.69 Å². The summed E-state index contributed by atoms with van der Waals surface area (Å²) in [5, 5.41) is 13.3. The zero-order valence-electron chi connectivity index (χ0n) is 14.6. The molecule has 1 unspecified atom stereocenters. The van der Waals surface area contributed by atoms with Gasteiger partial charge in [-0.15, -0.1) is 0 Å². The third-order valence-electron chi connectivity index (χ3n) is 4.32. The molecule has 0 amide bonds. The number of nitrogens with one attached hydrogen (secondary N) is 1. The smallest absolute Gasteiger partial charge is 0.328 e. The molecule has 2 N–H and O–H groups in total. The van der Waals surface area contributed by atoms with Crippen LogP contribution in [-0.4, -0.2) is 26.3 Å². The van der Waals surface area contributed by atoms with Crippen LogP contribution < -0.4 is 11.0 Å². The van der Waals surface area contributed by atoms with Crippen molar-refractivity contribution in [2.24, 2.45) is 5.10 Å². The zero-order chi connectivity index (χ0) is 18.7. The second-order valence-electron chi connectivity index (χ2n) is 6.21. The maximum absolute atomic E-state index is 12.9. The maximum atomic E-state index is 12.9. The van der Waals surface area contributed by atoms with E-state index in [4.69, 9.17) is 5.11 Å². The summed E-state index contributed by atoms with van der Waals surface area (Å²) in [7, 11) is 0. The first-order valence-electron chi connectivity index (χ1n) is 8.39. The van der Waals surface area contributed by atoms with Crippen LogP contribution in [0.5, 0.6) is 0 Å². The summed E-state index contributed by atoms with van der Waals surface area (Å²) in [4.78, 5) is 28.2. The number of carboxylic acid groups (broad SMARTS) is 1. The fourth-order valence-electron chi connectivity index (χ4n) is 2.95. The number of hydrogen-bond donors (Lipinski definition) is 2. The predicted molar refractivity (Wildman–Crippen MR) is 100 cm³/mol. The van der Waals surface area contributed by atoms with Gasteiger partial charge >= 0.3 is 5.97 Å². The van der Waals surface area contributed by atoms with Gasteiger partial charge in [0, 0.05) is 12.1 Å². The lowest BCUT2D eigenvalue weighted by molar-refractivity contribution is -0.131. The predicted octanol–water partition coefficient (Wildman–Crippen LogP) is 2.82. The number of para-hydroxylation sites is 1. The summed E-state index contributed by atoms with van der Waals surface area (Å²) >= 11 is 0. The second kappa shape index (κ2) is 7.35. The normalized spacial score (nSPS) is 18.1. The van der Waals surface area contributed by atoms with Gasteiger partial charge in [-0.3, -0.25) is 14.8 Å². The van der Waals surface area contributed by atoms with Crippen molar-refractivity contribution in [2.75, 3.05) is 5.43 Å². The van der Waals surface area contributed by atoms with E-state index in [1.54, 1.807) is 11.5 Å². The highest BCUT2D eigenvalue weighted by Gasteiger charge is 2.25. The van der Waals surface area contributed by atoms with Gasteiger partial charge in [-0.2, -0.15) is 5.10 Å². The standard InChI is InChI=1S/C19H20N4O3/c1-12-8-10-16(22-21-14-6-4-3-5-7-14)18-20-13(2)15(9-11-17(24)25)19(26)23(12)18/h3-7,9,11-12,21H,8,10H2,1-2H3,(H,24,25)/b11-9+,22-16+. The van der Waals surface area contributed by atoms with Crippen molar-refractivity contribution in [1.82, 2.24) is 9.55 Å². The Morgan fingerprint density at radius 3 is 2.81 bits per heavy atom. The number of carbonyl (C=O) groups is 1. The van der Waals surface area contributed by atoms with Crippen LogP contribution in [0.3, 0.4) is 0 Å². The number of carboxylic acids is 1. The summed E-state index contributed by atoms with van der Waals surface area (Å²) in [5.74, 6) is -0.573. The minimum Gasteiger partial charge on any atom is -0.478 e. The average molecular weight is 352 g/mol. The van der Waals surface area contributed by atoms with Crippen molar-refractivity contribution < 1.29 is 9.90 Å². The summed E-state index contributed by atoms with van der Waals surface area (Å²) < 4.78 is 1.60. The third-order valence-corrected chi connectivity index (χ3v) is 4.32. The molecule has 1 aromatic carbocycles. The number of hydrogen-bond acceptors (Lipinski definition) is 5. The van der Waals surface area contributed by atoms with Crippen LogP contribution in [-0.2, 0) is 4.79 Å². The Bertz CT molecular complexity index is 945. The summed E-state index contributed by atoms with van der Waals surface area (Å²) in [6.07, 6.45) is 3.73. The molecule has 26 heavy (non-hydrogen) atoms. The van der Waals surface area contributed by atoms with E-state index >= 15 is 0 Å². The van der Waals surface area contributed by atoms with Gasteiger partial charge in [-0.1, -0.05) is 18.2 Å². The molecule has 7 heteroatoms. The van der Waals surface area contributed by atoms with E-state index in [1.807, 2.05) is 37.3 Å². The number of benzene rings is 1. The summed E-state index contributed by atoms with van der Waals surface area (Å²) in [6, 6.07) is 9.52. The largest absolute Gasteiger partial charge is 0.478 e. The van der Waals surface area contributed by atoms with E-state index in [-0.39, 0.29) is 11.6 Å². The molecule has 0 bridgehead atoms. The van der Waals surface area contributed by atoms with E-state index in [9.17, 15) is 9.59 Å². The lowest BCUT2D eigenvalue weighted by atomic mass is 10.0. The van der Waals surface area contributed by atoms with Gasteiger partial charge in [0.25, 0.3) is 5.56 Å². The second-order valence-corrected chi connectivity index (χ2v) is 6.21. The molecule has 1 atom stereocenters. The van der Waals surface area contributed by atoms with Crippen LogP contribution >= 0.6 is 0 Å². The summed E-state index contributed by atoms with van der Waals surface area (Å²) in [6.45, 7) is 3.65. The molecule has 0 saturated heterocycles. The molecule has 1 aromatic heterocycles. The highest BCUT2D eigenvalue weighted by atomic mass is 16.4. The minimum atomic E-state index is -1.10. The van der Waals surface area contributed by atoms with E-state index in [2.05, 4.69) is 15.5 Å². The first-order valence-corrected chi connectivity index (χ1v) is 8.39. The molecule has 0 radical (unpaired) electrons. The minimum absolute atomic E-state index is 0.0294. The highest BCUT2D eigenvalue weighted by Crippen LogP contribution is 2.23. The molecule has 7 nitrogen and oxygen atoms in total. The molecule has 0 fully saturated rings. The Labute approximate surface area is 150 Å². The van der Waals surface area contributed by atoms with Crippen LogP contribution in [0.1, 0.15) is 42.9 Å². The van der Waals surface area contributed by atoms with Crippen molar-refractivity contribution in [2.45, 2.75) is 32.7 Å². The van der Waals surface area contributed by atoms with Crippen LogP contribution in [0.25, 0.3) is 6.08 Å². The van der Waals surface area contributed by atoms with Crippen molar-refractivity contribution in [3.8, 4) is 0 Å². The van der Waals surface area contributed by atoms with Gasteiger partial charge in [0.1, 0.15) is 5.71 Å². The average Bonchev–Trinajstić information content (AvgIpc) is 2.61. The first kappa shape index (κ1) is 17.6. The Balaban J connectivity index is 2.04. The number of hydrazone groups is 1. The van der Waals surface area contributed by atoms with E-state index < -0.39 is 5.97 Å². The molecule has 0 saturated carbocycles. The summed E-state index contributed by atoms with van der Waals surface area (Å²) in [5.41, 5.74) is 5.10. The quantitative estimate of drug-likeness (QED) is 0.651. The molecule has 1 aliphatic rings. The molecule has 0 aliphatic carbocycles. The molecule has 2 heterocycles. The van der Waals surface area contributed by atoms with Crippen LogP contribution in [0.2, 0.25) is 0 Å². The number of anilines is 1. The number of fused-ring (bicyclic) bond motifs is 1. The highest BCUT2D eigenvalue weighted by molar-refractivity contribution is 5.98. The van der Waals surface area contributed by atoms with E-state index in [1.165, 1.54) is 6.08 Å². The molecule has 3 rings (SSSR count). The zero-order valence-corrected chi connectivity index (χ0v) is 14.6. The molecule has 0 spiro atoms. The molecular formula is C19H20N4O3. The van der Waals surface area contributed by atoms with Gasteiger partial charge < -0.3 is 5.11 Å².